The summed E-state index contributed by atoms with van der Waals surface area (Å²) in [4.78, 5) is 13.9. The number of nitrogens with zero attached hydrogens (tertiary/aromatic N) is 1. The summed E-state index contributed by atoms with van der Waals surface area (Å²) >= 11 is 4.84. The van der Waals surface area contributed by atoms with Crippen LogP contribution in [-0.4, -0.2) is 43.6 Å². The molecule has 104 valence electrons. The minimum absolute atomic E-state index is 0.106. The Morgan fingerprint density at radius 2 is 2.00 bits per heavy atom. The molecule has 1 atom stereocenters. The first kappa shape index (κ1) is 15.6. The third-order valence-corrected chi connectivity index (χ3v) is 4.27. The van der Waals surface area contributed by atoms with Gasteiger partial charge in [0.05, 0.1) is 15.9 Å². The maximum atomic E-state index is 12.2. The minimum atomic E-state index is -3.34. The Labute approximate surface area is 118 Å². The number of nitrogens with two attached hydrogens (primary N) is 1. The van der Waals surface area contributed by atoms with Gasteiger partial charge in [0, 0.05) is 18.9 Å². The average molecular weight is 300 g/mol. The standard InChI is InChI=1S/C12H16N2O3S2/c1-8(11(13)18)14(2)12(15)9-5-4-6-10(7-9)19(3,16)17/h4-8H,1-3H3,(H2,13,18). The number of amides is 1. The average Bonchev–Trinajstić information content (AvgIpc) is 2.35. The highest BCUT2D eigenvalue weighted by atomic mass is 32.2. The third-order valence-electron chi connectivity index (χ3n) is 2.82. The van der Waals surface area contributed by atoms with Crippen molar-refractivity contribution < 1.29 is 13.2 Å². The Hall–Kier alpha value is -1.47. The monoisotopic (exact) mass is 300 g/mol. The van der Waals surface area contributed by atoms with Crippen molar-refractivity contribution in [2.45, 2.75) is 17.9 Å². The van der Waals surface area contributed by atoms with Crippen LogP contribution in [0.2, 0.25) is 0 Å². The maximum absolute atomic E-state index is 12.2. The van der Waals surface area contributed by atoms with Crippen molar-refractivity contribution in [1.82, 2.24) is 4.90 Å². The van der Waals surface area contributed by atoms with Crippen molar-refractivity contribution >= 4 is 33.0 Å². The van der Waals surface area contributed by atoms with E-state index in [0.717, 1.165) is 6.26 Å². The summed E-state index contributed by atoms with van der Waals surface area (Å²) in [6, 6.07) is 5.48. The summed E-state index contributed by atoms with van der Waals surface area (Å²) in [5.41, 5.74) is 5.78. The summed E-state index contributed by atoms with van der Waals surface area (Å²) in [5.74, 6) is -0.328. The fraction of sp³-hybridized carbons (Fsp3) is 0.333. The van der Waals surface area contributed by atoms with Crippen LogP contribution in [-0.2, 0) is 9.84 Å². The lowest BCUT2D eigenvalue weighted by molar-refractivity contribution is 0.0778. The first-order valence-corrected chi connectivity index (χ1v) is 7.81. The number of rotatable bonds is 4. The summed E-state index contributed by atoms with van der Waals surface area (Å²) in [7, 11) is -1.77. The molecule has 0 radical (unpaired) electrons. The third kappa shape index (κ3) is 3.74. The normalized spacial score (nSPS) is 12.8. The van der Waals surface area contributed by atoms with E-state index in [1.807, 2.05) is 0 Å². The zero-order chi connectivity index (χ0) is 14.8. The van der Waals surface area contributed by atoms with Gasteiger partial charge in [-0.05, 0) is 25.1 Å². The molecule has 2 N–H and O–H groups in total. The number of hydrogen-bond acceptors (Lipinski definition) is 4. The highest BCUT2D eigenvalue weighted by Gasteiger charge is 2.20. The Morgan fingerprint density at radius 3 is 2.47 bits per heavy atom. The van der Waals surface area contributed by atoms with Gasteiger partial charge in [0.15, 0.2) is 9.84 Å². The summed E-state index contributed by atoms with van der Waals surface area (Å²) < 4.78 is 22.9. The number of benzene rings is 1. The molecule has 19 heavy (non-hydrogen) atoms. The Balaban J connectivity index is 3.11. The SMILES string of the molecule is CC(C(N)=S)N(C)C(=O)c1cccc(S(C)(=O)=O)c1. The van der Waals surface area contributed by atoms with Gasteiger partial charge in [-0.15, -0.1) is 0 Å². The molecule has 0 aliphatic carbocycles. The summed E-state index contributed by atoms with van der Waals surface area (Å²) in [6.45, 7) is 1.71. The van der Waals surface area contributed by atoms with Crippen LogP contribution in [0.15, 0.2) is 29.2 Å². The summed E-state index contributed by atoms with van der Waals surface area (Å²) in [6.07, 6.45) is 1.10. The second-order valence-corrected chi connectivity index (χ2v) is 6.78. The molecule has 0 aliphatic heterocycles. The molecule has 0 fully saturated rings. The van der Waals surface area contributed by atoms with Gasteiger partial charge in [0.2, 0.25) is 0 Å². The maximum Gasteiger partial charge on any atom is 0.254 e. The van der Waals surface area contributed by atoms with E-state index in [9.17, 15) is 13.2 Å². The molecule has 0 heterocycles. The second-order valence-electron chi connectivity index (χ2n) is 4.29. The van der Waals surface area contributed by atoms with Crippen molar-refractivity contribution in [1.29, 1.82) is 0 Å². The van der Waals surface area contributed by atoms with Gasteiger partial charge in [0.25, 0.3) is 5.91 Å². The van der Waals surface area contributed by atoms with Crippen molar-refractivity contribution in [2.75, 3.05) is 13.3 Å². The van der Waals surface area contributed by atoms with E-state index in [-0.39, 0.29) is 21.4 Å². The smallest absolute Gasteiger partial charge is 0.254 e. The Morgan fingerprint density at radius 1 is 1.42 bits per heavy atom. The quantitative estimate of drug-likeness (QED) is 0.833. The predicted octanol–water partition coefficient (Wildman–Crippen LogP) is 0.837. The molecule has 1 aromatic carbocycles. The molecule has 7 heteroatoms. The highest BCUT2D eigenvalue weighted by Crippen LogP contribution is 2.13. The van der Waals surface area contributed by atoms with E-state index in [1.54, 1.807) is 20.0 Å². The van der Waals surface area contributed by atoms with Gasteiger partial charge in [-0.1, -0.05) is 18.3 Å². The molecule has 0 aliphatic rings. The molecule has 0 bridgehead atoms. The van der Waals surface area contributed by atoms with E-state index in [1.165, 1.54) is 23.1 Å². The molecule has 1 amide bonds. The lowest BCUT2D eigenvalue weighted by Crippen LogP contribution is -2.42. The molecule has 0 spiro atoms. The van der Waals surface area contributed by atoms with Crippen LogP contribution < -0.4 is 5.73 Å². The molecule has 1 rings (SSSR count). The van der Waals surface area contributed by atoms with E-state index >= 15 is 0 Å². The van der Waals surface area contributed by atoms with Gasteiger partial charge in [-0.3, -0.25) is 4.79 Å². The van der Waals surface area contributed by atoms with Crippen LogP contribution in [0.4, 0.5) is 0 Å². The molecule has 0 aromatic heterocycles. The van der Waals surface area contributed by atoms with Gasteiger partial charge in [-0.2, -0.15) is 0 Å². The molecular weight excluding hydrogens is 284 g/mol. The van der Waals surface area contributed by atoms with E-state index in [0.29, 0.717) is 0 Å². The van der Waals surface area contributed by atoms with Crippen molar-refractivity contribution in [3.8, 4) is 0 Å². The predicted molar refractivity (Wildman–Crippen MR) is 77.9 cm³/mol. The van der Waals surface area contributed by atoms with Crippen LogP contribution in [0.3, 0.4) is 0 Å². The number of likely N-dealkylation sites (N-methyl/N-ethyl adjacent to an activating group) is 1. The molecule has 0 saturated heterocycles. The summed E-state index contributed by atoms with van der Waals surface area (Å²) in [5, 5.41) is 0. The van der Waals surface area contributed by atoms with Gasteiger partial charge < -0.3 is 10.6 Å². The lowest BCUT2D eigenvalue weighted by Gasteiger charge is -2.24. The lowest BCUT2D eigenvalue weighted by atomic mass is 10.2. The molecule has 1 unspecified atom stereocenters. The molecular formula is C12H16N2O3S2. The van der Waals surface area contributed by atoms with Crippen LogP contribution >= 0.6 is 12.2 Å². The number of sulfone groups is 1. The minimum Gasteiger partial charge on any atom is -0.392 e. The number of hydrogen-bond donors (Lipinski definition) is 1. The zero-order valence-corrected chi connectivity index (χ0v) is 12.6. The van der Waals surface area contributed by atoms with Crippen LogP contribution in [0.1, 0.15) is 17.3 Å². The van der Waals surface area contributed by atoms with Gasteiger partial charge >= 0.3 is 0 Å². The molecule has 0 saturated carbocycles. The largest absolute Gasteiger partial charge is 0.392 e. The van der Waals surface area contributed by atoms with Gasteiger partial charge in [0.1, 0.15) is 0 Å². The Bertz CT molecular complexity index is 611. The van der Waals surface area contributed by atoms with Crippen LogP contribution in [0.5, 0.6) is 0 Å². The second kappa shape index (κ2) is 5.66. The van der Waals surface area contributed by atoms with Crippen LogP contribution in [0, 0.1) is 0 Å². The number of thiocarbonyl (C=S) groups is 1. The highest BCUT2D eigenvalue weighted by molar-refractivity contribution is 7.90. The van der Waals surface area contributed by atoms with E-state index in [4.69, 9.17) is 18.0 Å². The number of carbonyl (C=O) groups is 1. The van der Waals surface area contributed by atoms with E-state index < -0.39 is 15.9 Å². The van der Waals surface area contributed by atoms with Crippen molar-refractivity contribution in [2.24, 2.45) is 5.73 Å². The van der Waals surface area contributed by atoms with Crippen molar-refractivity contribution in [3.63, 3.8) is 0 Å². The van der Waals surface area contributed by atoms with Gasteiger partial charge in [-0.25, -0.2) is 8.42 Å². The first-order valence-electron chi connectivity index (χ1n) is 5.51. The first-order chi connectivity index (χ1) is 8.64. The van der Waals surface area contributed by atoms with Crippen molar-refractivity contribution in [3.05, 3.63) is 29.8 Å². The molecule has 1 aromatic rings. The fourth-order valence-corrected chi connectivity index (χ4v) is 2.26. The topological polar surface area (TPSA) is 80.5 Å². The zero-order valence-electron chi connectivity index (χ0n) is 11.0. The van der Waals surface area contributed by atoms with Crippen LogP contribution in [0.25, 0.3) is 0 Å². The fourth-order valence-electron chi connectivity index (χ4n) is 1.43. The van der Waals surface area contributed by atoms with E-state index in [2.05, 4.69) is 0 Å². The molecule has 5 nitrogen and oxygen atoms in total. The number of carbonyl (C=O) groups excluding carboxylic acids is 1. The Kier molecular flexibility index (Phi) is 4.65.